The monoisotopic (exact) mass is 395 g/mol. The third-order valence-electron chi connectivity index (χ3n) is 4.13. The first-order valence-corrected chi connectivity index (χ1v) is 9.10. The normalized spacial score (nSPS) is 14.4. The Morgan fingerprint density at radius 2 is 1.64 bits per heavy atom. The Labute approximate surface area is 163 Å². The van der Waals surface area contributed by atoms with E-state index in [4.69, 9.17) is 0 Å². The molecule has 0 saturated carbocycles. The van der Waals surface area contributed by atoms with E-state index in [2.05, 4.69) is 21.3 Å². The van der Waals surface area contributed by atoms with E-state index in [1.54, 1.807) is 6.41 Å². The molecule has 154 valence electrons. The van der Waals surface area contributed by atoms with Gasteiger partial charge in [0.1, 0.15) is 6.04 Å². The van der Waals surface area contributed by atoms with Gasteiger partial charge < -0.3 is 21.3 Å². The van der Waals surface area contributed by atoms with E-state index >= 15 is 0 Å². The van der Waals surface area contributed by atoms with Crippen molar-refractivity contribution in [1.29, 1.82) is 0 Å². The van der Waals surface area contributed by atoms with Crippen LogP contribution in [-0.2, 0) is 28.8 Å². The van der Waals surface area contributed by atoms with Crippen molar-refractivity contribution in [3.63, 3.8) is 0 Å². The number of hydrogen-bond acceptors (Lipinski definition) is 6. The Hall–Kier alpha value is -2.98. The molecule has 0 aromatic carbocycles. The highest BCUT2D eigenvalue weighted by Crippen LogP contribution is 2.11. The standard InChI is InChI=1S/C17H25N5O6/c23-11-18-7-2-1-3-13(21-12-24)17(28)20-9-8-19-14(25)6-10-22-15(26)4-5-16(22)27/h13H,1-10H2,(H,18,23)(H,19,25)(H,20,28)(H,21,24). The first-order valence-electron chi connectivity index (χ1n) is 9.10. The zero-order chi connectivity index (χ0) is 20.8. The van der Waals surface area contributed by atoms with Crippen LogP contribution in [0, 0.1) is 0 Å². The van der Waals surface area contributed by atoms with Gasteiger partial charge >= 0.3 is 12.8 Å². The summed E-state index contributed by atoms with van der Waals surface area (Å²) in [5.74, 6) is -1.27. The molecule has 1 atom stereocenters. The van der Waals surface area contributed by atoms with Crippen LogP contribution in [-0.4, -0.2) is 73.6 Å². The molecule has 0 bridgehead atoms. The van der Waals surface area contributed by atoms with E-state index in [9.17, 15) is 28.8 Å². The number of carbonyl (C=O) groups excluding carboxylic acids is 6. The van der Waals surface area contributed by atoms with E-state index < -0.39 is 11.9 Å². The molecule has 0 spiro atoms. The number of unbranched alkanes of at least 4 members (excludes halogenated alkanes) is 1. The van der Waals surface area contributed by atoms with Crippen LogP contribution in [0.15, 0.2) is 0 Å². The Morgan fingerprint density at radius 3 is 2.29 bits per heavy atom. The van der Waals surface area contributed by atoms with Crippen LogP contribution in [0.3, 0.4) is 0 Å². The third kappa shape index (κ3) is 8.60. The minimum absolute atomic E-state index is 0.00195. The Bertz CT molecular complexity index is 566. The van der Waals surface area contributed by atoms with Crippen LogP contribution in [0.4, 0.5) is 0 Å². The SMILES string of the molecule is O=[C]NCCCCC(N[C]=O)C(=O)NCCNC(=O)CCN1C(=O)CCC1=O. The summed E-state index contributed by atoms with van der Waals surface area (Å²) in [7, 11) is 0. The van der Waals surface area contributed by atoms with Gasteiger partial charge in [0.2, 0.25) is 23.6 Å². The molecular weight excluding hydrogens is 370 g/mol. The number of carbonyl (C=O) groups is 4. The number of amides is 6. The first-order chi connectivity index (χ1) is 13.5. The van der Waals surface area contributed by atoms with Gasteiger partial charge in [-0.2, -0.15) is 0 Å². The number of nitrogens with one attached hydrogen (secondary N) is 4. The predicted octanol–water partition coefficient (Wildman–Crippen LogP) is -2.39. The lowest BCUT2D eigenvalue weighted by Crippen LogP contribution is -2.46. The molecule has 1 aliphatic heterocycles. The summed E-state index contributed by atoms with van der Waals surface area (Å²) in [4.78, 5) is 68.3. The summed E-state index contributed by atoms with van der Waals surface area (Å²) >= 11 is 0. The van der Waals surface area contributed by atoms with Crippen molar-refractivity contribution in [1.82, 2.24) is 26.2 Å². The lowest BCUT2D eigenvalue weighted by Gasteiger charge is -2.16. The fraction of sp³-hybridized carbons (Fsp3) is 0.647. The molecule has 1 aliphatic rings. The molecule has 0 aliphatic carbocycles. The molecule has 1 saturated heterocycles. The van der Waals surface area contributed by atoms with Gasteiger partial charge in [0.25, 0.3) is 0 Å². The smallest absolute Gasteiger partial charge is 0.309 e. The zero-order valence-electron chi connectivity index (χ0n) is 15.5. The molecule has 28 heavy (non-hydrogen) atoms. The molecule has 1 heterocycles. The second-order valence-electron chi connectivity index (χ2n) is 6.15. The molecule has 11 heteroatoms. The number of rotatable bonds is 15. The van der Waals surface area contributed by atoms with Crippen molar-refractivity contribution in [2.24, 2.45) is 0 Å². The van der Waals surface area contributed by atoms with Gasteiger partial charge in [-0.1, -0.05) is 0 Å². The Balaban J connectivity index is 2.19. The maximum Gasteiger partial charge on any atom is 0.309 e. The molecule has 0 aromatic rings. The van der Waals surface area contributed by atoms with Crippen LogP contribution >= 0.6 is 0 Å². The van der Waals surface area contributed by atoms with E-state index in [0.717, 1.165) is 4.90 Å². The quantitative estimate of drug-likeness (QED) is 0.138. The van der Waals surface area contributed by atoms with Gasteiger partial charge in [-0.3, -0.25) is 33.7 Å². The van der Waals surface area contributed by atoms with Crippen molar-refractivity contribution in [2.75, 3.05) is 26.2 Å². The van der Waals surface area contributed by atoms with Crippen molar-refractivity contribution < 1.29 is 28.8 Å². The topological polar surface area (TPSA) is 154 Å². The third-order valence-corrected chi connectivity index (χ3v) is 4.13. The van der Waals surface area contributed by atoms with E-state index in [1.165, 1.54) is 6.41 Å². The van der Waals surface area contributed by atoms with Crippen molar-refractivity contribution in [2.45, 2.75) is 44.6 Å². The van der Waals surface area contributed by atoms with E-state index in [-0.39, 0.29) is 56.6 Å². The highest BCUT2D eigenvalue weighted by Gasteiger charge is 2.28. The largest absolute Gasteiger partial charge is 0.354 e. The van der Waals surface area contributed by atoms with Gasteiger partial charge in [-0.15, -0.1) is 0 Å². The minimum atomic E-state index is -0.749. The maximum absolute atomic E-state index is 12.0. The average molecular weight is 395 g/mol. The molecular formula is C17H25N5O6. The van der Waals surface area contributed by atoms with Crippen LogP contribution < -0.4 is 21.3 Å². The van der Waals surface area contributed by atoms with Gasteiger partial charge in [0.15, 0.2) is 0 Å². The van der Waals surface area contributed by atoms with Crippen LogP contribution in [0.5, 0.6) is 0 Å². The van der Waals surface area contributed by atoms with Crippen molar-refractivity contribution >= 4 is 36.4 Å². The average Bonchev–Trinajstić information content (AvgIpc) is 3.00. The summed E-state index contributed by atoms with van der Waals surface area (Å²) in [5.41, 5.74) is 0. The first kappa shape index (κ1) is 23.1. The molecule has 1 fully saturated rings. The fourth-order valence-corrected chi connectivity index (χ4v) is 2.64. The lowest BCUT2D eigenvalue weighted by atomic mass is 10.1. The van der Waals surface area contributed by atoms with E-state index in [0.29, 0.717) is 25.8 Å². The second-order valence-corrected chi connectivity index (χ2v) is 6.15. The summed E-state index contributed by atoms with van der Waals surface area (Å²) < 4.78 is 0. The van der Waals surface area contributed by atoms with Crippen LogP contribution in [0.25, 0.3) is 0 Å². The molecule has 6 amide bonds. The van der Waals surface area contributed by atoms with Crippen molar-refractivity contribution in [3.8, 4) is 0 Å². The predicted molar refractivity (Wildman–Crippen MR) is 96.8 cm³/mol. The number of nitrogens with zero attached hydrogens (tertiary/aromatic N) is 1. The Kier molecular flexibility index (Phi) is 10.9. The second kappa shape index (κ2) is 13.2. The molecule has 0 aromatic heterocycles. The molecule has 2 radical (unpaired) electrons. The molecule has 11 nitrogen and oxygen atoms in total. The minimum Gasteiger partial charge on any atom is -0.354 e. The van der Waals surface area contributed by atoms with Gasteiger partial charge in [0.05, 0.1) is 0 Å². The number of imide groups is 1. The van der Waals surface area contributed by atoms with Gasteiger partial charge in [-0.05, 0) is 19.3 Å². The maximum atomic E-state index is 12.0. The highest BCUT2D eigenvalue weighted by molar-refractivity contribution is 6.02. The van der Waals surface area contributed by atoms with Crippen LogP contribution in [0.1, 0.15) is 38.5 Å². The van der Waals surface area contributed by atoms with E-state index in [1.807, 2.05) is 0 Å². The molecule has 4 N–H and O–H groups in total. The van der Waals surface area contributed by atoms with Gasteiger partial charge in [0, 0.05) is 45.4 Å². The van der Waals surface area contributed by atoms with Crippen LogP contribution in [0.2, 0.25) is 0 Å². The van der Waals surface area contributed by atoms with Crippen molar-refractivity contribution in [3.05, 3.63) is 0 Å². The summed E-state index contributed by atoms with van der Waals surface area (Å²) in [5, 5.41) is 9.87. The number of likely N-dealkylation sites (tertiary alicyclic amines) is 1. The summed E-state index contributed by atoms with van der Waals surface area (Å²) in [6.07, 6.45) is 5.04. The highest BCUT2D eigenvalue weighted by atomic mass is 16.2. The fourth-order valence-electron chi connectivity index (χ4n) is 2.64. The Morgan fingerprint density at radius 1 is 0.964 bits per heavy atom. The summed E-state index contributed by atoms with van der Waals surface area (Å²) in [6, 6.07) is -0.749. The van der Waals surface area contributed by atoms with Gasteiger partial charge in [-0.25, -0.2) is 0 Å². The summed E-state index contributed by atoms with van der Waals surface area (Å²) in [6.45, 7) is 0.810. The zero-order valence-corrected chi connectivity index (χ0v) is 15.5. The lowest BCUT2D eigenvalue weighted by molar-refractivity contribution is -0.138. The number of hydrogen-bond donors (Lipinski definition) is 4. The molecule has 1 rings (SSSR count). The molecule has 1 unspecified atom stereocenters.